The molecule has 1 aromatic carbocycles. The van der Waals surface area contributed by atoms with Gasteiger partial charge in [0.2, 0.25) is 0 Å². The number of hydrogen-bond donors (Lipinski definition) is 1. The molecule has 0 aliphatic heterocycles. The Morgan fingerprint density at radius 1 is 1.26 bits per heavy atom. The van der Waals surface area contributed by atoms with Gasteiger partial charge in [0.15, 0.2) is 0 Å². The molecule has 1 amide bonds. The van der Waals surface area contributed by atoms with Crippen LogP contribution in [0.25, 0.3) is 5.69 Å². The van der Waals surface area contributed by atoms with E-state index in [4.69, 9.17) is 0 Å². The van der Waals surface area contributed by atoms with Crippen LogP contribution >= 0.6 is 0 Å². The minimum absolute atomic E-state index is 0.167. The molecule has 0 unspecified atom stereocenters. The first-order chi connectivity index (χ1) is 11.3. The maximum absolute atomic E-state index is 12.3. The second-order valence-corrected chi connectivity index (χ2v) is 5.65. The van der Waals surface area contributed by atoms with E-state index in [2.05, 4.69) is 25.9 Å². The van der Waals surface area contributed by atoms with Gasteiger partial charge in [-0.1, -0.05) is 0 Å². The first-order valence-electron chi connectivity index (χ1n) is 7.45. The van der Waals surface area contributed by atoms with Crippen molar-refractivity contribution in [3.63, 3.8) is 0 Å². The Bertz CT molecular complexity index is 803. The Balaban J connectivity index is 1.43. The number of nitrogens with one attached hydrogen (secondary N) is 1. The van der Waals surface area contributed by atoms with Gasteiger partial charge in [0.05, 0.1) is 17.6 Å². The highest BCUT2D eigenvalue weighted by Crippen LogP contribution is 2.30. The van der Waals surface area contributed by atoms with Gasteiger partial charge < -0.3 is 5.32 Å². The summed E-state index contributed by atoms with van der Waals surface area (Å²) < 4.78 is 3.41. The number of carbonyl (C=O) groups is 1. The van der Waals surface area contributed by atoms with Crippen LogP contribution < -0.4 is 5.32 Å². The lowest BCUT2D eigenvalue weighted by Gasteiger charge is -2.04. The lowest BCUT2D eigenvalue weighted by Crippen LogP contribution is -2.11. The van der Waals surface area contributed by atoms with Gasteiger partial charge in [-0.15, -0.1) is 5.10 Å². The van der Waals surface area contributed by atoms with Crippen LogP contribution in [0, 0.1) is 5.92 Å². The molecule has 23 heavy (non-hydrogen) atoms. The summed E-state index contributed by atoms with van der Waals surface area (Å²) >= 11 is 0. The maximum Gasteiger partial charge on any atom is 0.255 e. The van der Waals surface area contributed by atoms with Crippen molar-refractivity contribution in [3.8, 4) is 5.69 Å². The van der Waals surface area contributed by atoms with Gasteiger partial charge >= 0.3 is 0 Å². The highest BCUT2D eigenvalue weighted by molar-refractivity contribution is 6.04. The fourth-order valence-corrected chi connectivity index (χ4v) is 2.34. The van der Waals surface area contributed by atoms with Crippen molar-refractivity contribution < 1.29 is 4.79 Å². The van der Waals surface area contributed by atoms with Crippen LogP contribution in [-0.2, 0) is 6.54 Å². The fourth-order valence-electron chi connectivity index (χ4n) is 2.34. The number of benzene rings is 1. The molecule has 0 atom stereocenters. The summed E-state index contributed by atoms with van der Waals surface area (Å²) in [7, 11) is 0. The van der Waals surface area contributed by atoms with Crippen LogP contribution in [0.15, 0.2) is 43.0 Å². The number of anilines is 1. The smallest absolute Gasteiger partial charge is 0.255 e. The zero-order chi connectivity index (χ0) is 15.6. The zero-order valence-corrected chi connectivity index (χ0v) is 12.3. The van der Waals surface area contributed by atoms with Crippen LogP contribution in [0.5, 0.6) is 0 Å². The topological polar surface area (TPSA) is 90.5 Å². The largest absolute Gasteiger partial charge is 0.319 e. The van der Waals surface area contributed by atoms with E-state index in [1.54, 1.807) is 30.5 Å². The van der Waals surface area contributed by atoms with Crippen LogP contribution in [0.2, 0.25) is 0 Å². The van der Waals surface area contributed by atoms with Gasteiger partial charge in [-0.3, -0.25) is 9.48 Å². The van der Waals surface area contributed by atoms with Crippen molar-refractivity contribution in [2.24, 2.45) is 5.92 Å². The molecule has 0 spiro atoms. The Hall–Kier alpha value is -3.03. The monoisotopic (exact) mass is 309 g/mol. The SMILES string of the molecule is O=C(Nc1cnn(CC2CC2)c1)c1ccc(-n2cnnn2)cc1. The van der Waals surface area contributed by atoms with Gasteiger partial charge in [-0.2, -0.15) is 5.10 Å². The summed E-state index contributed by atoms with van der Waals surface area (Å²) in [6.07, 6.45) is 7.59. The van der Waals surface area contributed by atoms with Crippen molar-refractivity contribution in [3.05, 3.63) is 48.5 Å². The second kappa shape index (κ2) is 5.64. The van der Waals surface area contributed by atoms with Crippen molar-refractivity contribution in [2.45, 2.75) is 19.4 Å². The summed E-state index contributed by atoms with van der Waals surface area (Å²) in [6, 6.07) is 7.06. The molecule has 0 radical (unpaired) electrons. The molecular weight excluding hydrogens is 294 g/mol. The van der Waals surface area contributed by atoms with Gasteiger partial charge in [0.1, 0.15) is 6.33 Å². The van der Waals surface area contributed by atoms with E-state index in [0.29, 0.717) is 11.3 Å². The van der Waals surface area contributed by atoms with Gasteiger partial charge in [-0.25, -0.2) is 4.68 Å². The molecule has 4 rings (SSSR count). The predicted octanol–water partition coefficient (Wildman–Crippen LogP) is 1.52. The Morgan fingerprint density at radius 2 is 2.09 bits per heavy atom. The third kappa shape index (κ3) is 3.10. The lowest BCUT2D eigenvalue weighted by molar-refractivity contribution is 0.102. The summed E-state index contributed by atoms with van der Waals surface area (Å²) in [4.78, 5) is 12.3. The summed E-state index contributed by atoms with van der Waals surface area (Å²) in [5.74, 6) is 0.580. The molecule has 8 nitrogen and oxygen atoms in total. The summed E-state index contributed by atoms with van der Waals surface area (Å²) in [5.41, 5.74) is 2.07. The number of aromatic nitrogens is 6. The van der Waals surface area contributed by atoms with Crippen molar-refractivity contribution >= 4 is 11.6 Å². The lowest BCUT2D eigenvalue weighted by atomic mass is 10.2. The number of rotatable bonds is 5. The molecule has 8 heteroatoms. The average Bonchev–Trinajstić information content (AvgIpc) is 3.03. The maximum atomic E-state index is 12.3. The van der Waals surface area contributed by atoms with Crippen LogP contribution in [0.4, 0.5) is 5.69 Å². The number of amides is 1. The van der Waals surface area contributed by atoms with Gasteiger partial charge in [0.25, 0.3) is 5.91 Å². The number of hydrogen-bond acceptors (Lipinski definition) is 5. The molecule has 1 aliphatic rings. The van der Waals surface area contributed by atoms with E-state index in [1.165, 1.54) is 23.9 Å². The molecule has 0 bridgehead atoms. The molecule has 2 aromatic heterocycles. The predicted molar refractivity (Wildman–Crippen MR) is 82.1 cm³/mol. The van der Waals surface area contributed by atoms with Crippen molar-refractivity contribution in [1.29, 1.82) is 0 Å². The molecule has 3 aromatic rings. The summed E-state index contributed by atoms with van der Waals surface area (Å²) in [6.45, 7) is 0.927. The highest BCUT2D eigenvalue weighted by atomic mass is 16.1. The average molecular weight is 309 g/mol. The first-order valence-corrected chi connectivity index (χ1v) is 7.45. The molecule has 1 fully saturated rings. The Morgan fingerprint density at radius 3 is 2.78 bits per heavy atom. The minimum Gasteiger partial charge on any atom is -0.319 e. The van der Waals surface area contributed by atoms with Gasteiger partial charge in [-0.05, 0) is 53.5 Å². The highest BCUT2D eigenvalue weighted by Gasteiger charge is 2.22. The van der Waals surface area contributed by atoms with Crippen LogP contribution in [0.1, 0.15) is 23.2 Å². The minimum atomic E-state index is -0.167. The van der Waals surface area contributed by atoms with Crippen molar-refractivity contribution in [1.82, 2.24) is 30.0 Å². The van der Waals surface area contributed by atoms with E-state index in [9.17, 15) is 4.79 Å². The normalized spacial score (nSPS) is 13.9. The fraction of sp³-hybridized carbons (Fsp3) is 0.267. The van der Waals surface area contributed by atoms with E-state index >= 15 is 0 Å². The molecular formula is C15H15N7O. The number of carbonyl (C=O) groups excluding carboxylic acids is 1. The van der Waals surface area contributed by atoms with E-state index < -0.39 is 0 Å². The Labute approximate surface area is 132 Å². The second-order valence-electron chi connectivity index (χ2n) is 5.65. The molecule has 2 heterocycles. The molecule has 1 aliphatic carbocycles. The standard InChI is InChI=1S/C15H15N7O/c23-15(18-13-7-17-21(9-13)8-11-1-2-11)12-3-5-14(6-4-12)22-10-16-19-20-22/h3-7,9-11H,1-2,8H2,(H,18,23). The quantitative estimate of drug-likeness (QED) is 0.771. The van der Waals surface area contributed by atoms with Crippen LogP contribution in [0.3, 0.4) is 0 Å². The third-order valence-corrected chi connectivity index (χ3v) is 3.78. The van der Waals surface area contributed by atoms with E-state index in [-0.39, 0.29) is 5.91 Å². The van der Waals surface area contributed by atoms with Crippen LogP contribution in [-0.4, -0.2) is 35.9 Å². The third-order valence-electron chi connectivity index (χ3n) is 3.78. The zero-order valence-electron chi connectivity index (χ0n) is 12.3. The van der Waals surface area contributed by atoms with E-state index in [0.717, 1.165) is 18.2 Å². The Kier molecular flexibility index (Phi) is 3.34. The van der Waals surface area contributed by atoms with E-state index in [1.807, 2.05) is 10.9 Å². The number of nitrogens with zero attached hydrogens (tertiary/aromatic N) is 6. The van der Waals surface area contributed by atoms with Gasteiger partial charge in [0, 0.05) is 18.3 Å². The molecule has 1 saturated carbocycles. The molecule has 1 N–H and O–H groups in total. The number of tetrazole rings is 1. The van der Waals surface area contributed by atoms with Crippen molar-refractivity contribution in [2.75, 3.05) is 5.32 Å². The molecule has 116 valence electrons. The summed E-state index contributed by atoms with van der Waals surface area (Å²) in [5, 5.41) is 18.1. The molecule has 0 saturated heterocycles. The first kappa shape index (κ1) is 13.6.